The molecular formula is C32H42N12O15S4. The number of ether oxygens (including phenoxy) is 2. The second-order valence-electron chi connectivity index (χ2n) is 11.6. The molecule has 0 bridgehead atoms. The lowest BCUT2D eigenvalue weighted by Crippen LogP contribution is -2.18. The maximum absolute atomic E-state index is 12.6. The quantitative estimate of drug-likeness (QED) is 0.00504. The lowest BCUT2D eigenvalue weighted by molar-refractivity contribution is -0.432. The van der Waals surface area contributed by atoms with E-state index in [1.165, 1.54) is 12.3 Å². The fraction of sp³-hybridized carbons (Fsp3) is 0.344. The van der Waals surface area contributed by atoms with Crippen LogP contribution in [-0.4, -0.2) is 149 Å². The van der Waals surface area contributed by atoms with E-state index in [2.05, 4.69) is 75.9 Å². The van der Waals surface area contributed by atoms with Crippen molar-refractivity contribution in [1.29, 1.82) is 0 Å². The van der Waals surface area contributed by atoms with Gasteiger partial charge in [0.25, 0.3) is 16.1 Å². The van der Waals surface area contributed by atoms with Gasteiger partial charge in [-0.05, 0) is 35.4 Å². The fourth-order valence-electron chi connectivity index (χ4n) is 4.65. The van der Waals surface area contributed by atoms with Crippen LogP contribution in [0.3, 0.4) is 0 Å². The van der Waals surface area contributed by atoms with Crippen LogP contribution in [0.1, 0.15) is 11.1 Å². The van der Waals surface area contributed by atoms with Crippen molar-refractivity contribution in [3.05, 3.63) is 47.5 Å². The number of hydrogen-bond donors (Lipinski definition) is 11. The zero-order chi connectivity index (χ0) is 45.3. The van der Waals surface area contributed by atoms with Gasteiger partial charge in [-0.3, -0.25) is 4.55 Å². The standard InChI is InChI=1S/C32H42N12O15S4/c45-11-15-54-13-7-33-27-39-29(35-9-17-60-58-56-47)43-32(42-27)38-24-6-4-22(26(20-24)62(49)50)2-1-21-3-5-23(19-25(21)61-59-57-48)37-31-41-28(34-8-14-55-16-12-46)40-30(44-31)36-10-18-63(51,52)53/h1-6,9,19-20,45-48H,7-8,10-18H2,(H,49,50)(H,51,52,53)(H2,33,38,39,42,43)(H3,34,36,37,40,41,44)/b2-1?,35-9-. The molecule has 0 spiro atoms. The van der Waals surface area contributed by atoms with Gasteiger partial charge in [0.05, 0.1) is 68.1 Å². The summed E-state index contributed by atoms with van der Waals surface area (Å²) in [6, 6.07) is 9.47. The maximum Gasteiger partial charge on any atom is 0.266 e. The smallest absolute Gasteiger partial charge is 0.266 e. The van der Waals surface area contributed by atoms with Crippen molar-refractivity contribution in [2.45, 2.75) is 9.79 Å². The molecule has 0 fully saturated rings. The van der Waals surface area contributed by atoms with E-state index in [0.29, 0.717) is 39.4 Å². The summed E-state index contributed by atoms with van der Waals surface area (Å²) >= 11 is -1.10. The number of aromatic nitrogens is 6. The number of hydrogen-bond acceptors (Lipinski definition) is 27. The zero-order valence-corrected chi connectivity index (χ0v) is 35.9. The summed E-state index contributed by atoms with van der Waals surface area (Å²) in [6.07, 6.45) is 4.57. The largest absolute Gasteiger partial charge is 0.394 e. The van der Waals surface area contributed by atoms with Crippen molar-refractivity contribution in [1.82, 2.24) is 29.9 Å². The van der Waals surface area contributed by atoms with Gasteiger partial charge in [-0.15, -0.1) is 8.67 Å². The number of anilines is 7. The summed E-state index contributed by atoms with van der Waals surface area (Å²) in [5.74, 6) is -0.265. The van der Waals surface area contributed by atoms with Crippen molar-refractivity contribution >= 4 is 111 Å². The maximum atomic E-state index is 12.6. The minimum atomic E-state index is -4.27. The number of nitrogens with one attached hydrogen (secondary N) is 5. The number of nitrogens with zero attached hydrogens (tertiary/aromatic N) is 7. The second-order valence-corrected chi connectivity index (χ2v) is 15.6. The van der Waals surface area contributed by atoms with Crippen LogP contribution in [0.5, 0.6) is 0 Å². The van der Waals surface area contributed by atoms with Crippen LogP contribution in [0.2, 0.25) is 0 Å². The van der Waals surface area contributed by atoms with Crippen molar-refractivity contribution in [2.75, 3.05) is 97.4 Å². The molecule has 2 heterocycles. The van der Waals surface area contributed by atoms with Crippen LogP contribution in [0.25, 0.3) is 12.2 Å². The molecule has 1 atom stereocenters. The normalized spacial score (nSPS) is 12.2. The average Bonchev–Trinajstić information content (AvgIpc) is 3.25. The highest BCUT2D eigenvalue weighted by Crippen LogP contribution is 2.31. The van der Waals surface area contributed by atoms with E-state index in [0.717, 1.165) is 12.0 Å². The predicted molar refractivity (Wildman–Crippen MR) is 231 cm³/mol. The highest BCUT2D eigenvalue weighted by molar-refractivity contribution is 7.95. The Balaban J connectivity index is 1.56. The summed E-state index contributed by atoms with van der Waals surface area (Å²) in [5.41, 5.74) is 1.58. The van der Waals surface area contributed by atoms with Crippen LogP contribution in [0.4, 0.5) is 47.1 Å². The summed E-state index contributed by atoms with van der Waals surface area (Å²) in [7, 11) is -4.27. The van der Waals surface area contributed by atoms with E-state index in [1.54, 1.807) is 42.5 Å². The first kappa shape index (κ1) is 50.8. The van der Waals surface area contributed by atoms with E-state index in [9.17, 15) is 17.2 Å². The summed E-state index contributed by atoms with van der Waals surface area (Å²) in [5, 5.41) is 57.0. The fourth-order valence-corrected chi connectivity index (χ4v) is 6.32. The number of benzene rings is 2. The Morgan fingerprint density at radius 1 is 0.714 bits per heavy atom. The minimum absolute atomic E-state index is 0.00806. The Hall–Kier alpha value is -4.81. The Kier molecular flexibility index (Phi) is 22.7. The molecule has 11 N–H and O–H groups in total. The molecule has 0 aliphatic heterocycles. The van der Waals surface area contributed by atoms with Gasteiger partial charge < -0.3 is 50.8 Å². The third kappa shape index (κ3) is 19.6. The number of aliphatic imine (C=N–C) groups is 1. The number of aliphatic hydroxyl groups excluding tert-OH is 2. The van der Waals surface area contributed by atoms with E-state index < -0.39 is 27.0 Å². The predicted octanol–water partition coefficient (Wildman–Crippen LogP) is 2.64. The first-order valence-corrected chi connectivity index (χ1v) is 22.3. The molecule has 31 heteroatoms. The molecule has 4 aromatic rings. The SMILES string of the molecule is O=S(O)c1cc(Nc2nc(/N=C\CSOOO)nc(NCCOCCO)n2)ccc1C=Cc1ccc(Nc2nc(NCCOCCO)nc(NCCS(=O)(=O)O)n2)cc1SOOO. The van der Waals surface area contributed by atoms with Crippen LogP contribution >= 0.6 is 24.1 Å². The molecule has 0 amide bonds. The lowest BCUT2D eigenvalue weighted by atomic mass is 10.1. The van der Waals surface area contributed by atoms with Gasteiger partial charge in [0, 0.05) is 54.2 Å². The van der Waals surface area contributed by atoms with E-state index >= 15 is 0 Å². The molecular weight excluding hydrogens is 921 g/mol. The average molecular weight is 963 g/mol. The van der Waals surface area contributed by atoms with Crippen molar-refractivity contribution in [2.24, 2.45) is 4.99 Å². The van der Waals surface area contributed by atoms with Gasteiger partial charge in [-0.1, -0.05) is 34.4 Å². The Bertz CT molecular complexity index is 2240. The summed E-state index contributed by atoms with van der Waals surface area (Å²) < 4.78 is 73.9. The van der Waals surface area contributed by atoms with Crippen molar-refractivity contribution in [3.63, 3.8) is 0 Å². The first-order valence-electron chi connectivity index (χ1n) is 17.9. The van der Waals surface area contributed by atoms with Crippen molar-refractivity contribution < 1.29 is 70.7 Å². The molecule has 0 radical (unpaired) electrons. The molecule has 0 saturated heterocycles. The van der Waals surface area contributed by atoms with Crippen LogP contribution < -0.4 is 26.6 Å². The minimum Gasteiger partial charge on any atom is -0.394 e. The zero-order valence-electron chi connectivity index (χ0n) is 32.6. The molecule has 0 aliphatic carbocycles. The highest BCUT2D eigenvalue weighted by atomic mass is 32.2. The van der Waals surface area contributed by atoms with Gasteiger partial charge in [0.15, 0.2) is 11.1 Å². The van der Waals surface area contributed by atoms with Crippen LogP contribution in [-0.2, 0) is 49.4 Å². The molecule has 2 aromatic heterocycles. The molecule has 4 rings (SSSR count). The van der Waals surface area contributed by atoms with Crippen molar-refractivity contribution in [3.8, 4) is 0 Å². The molecule has 0 aliphatic rings. The topological polar surface area (TPSA) is 378 Å². The summed E-state index contributed by atoms with van der Waals surface area (Å²) in [4.78, 5) is 30.1. The van der Waals surface area contributed by atoms with Gasteiger partial charge in [-0.2, -0.15) is 38.3 Å². The van der Waals surface area contributed by atoms with E-state index in [1.807, 2.05) is 0 Å². The summed E-state index contributed by atoms with van der Waals surface area (Å²) in [6.45, 7) is 0.748. The van der Waals surface area contributed by atoms with Gasteiger partial charge >= 0.3 is 0 Å². The Morgan fingerprint density at radius 3 is 1.86 bits per heavy atom. The van der Waals surface area contributed by atoms with E-state index in [-0.39, 0.29) is 106 Å². The van der Waals surface area contributed by atoms with Crippen LogP contribution in [0, 0.1) is 0 Å². The monoisotopic (exact) mass is 962 g/mol. The number of aliphatic hydroxyl groups is 2. The third-order valence-corrected chi connectivity index (χ3v) is 9.74. The lowest BCUT2D eigenvalue weighted by Gasteiger charge is -2.13. The molecule has 344 valence electrons. The Morgan fingerprint density at radius 2 is 1.25 bits per heavy atom. The molecule has 2 aromatic carbocycles. The first-order chi connectivity index (χ1) is 30.5. The van der Waals surface area contributed by atoms with E-state index in [4.69, 9.17) is 39.1 Å². The third-order valence-electron chi connectivity index (χ3n) is 7.18. The second kappa shape index (κ2) is 28.1. The van der Waals surface area contributed by atoms with Gasteiger partial charge in [0.2, 0.25) is 29.7 Å². The van der Waals surface area contributed by atoms with Gasteiger partial charge in [0.1, 0.15) is 0 Å². The van der Waals surface area contributed by atoms with Gasteiger partial charge in [-0.25, -0.2) is 19.7 Å². The molecule has 63 heavy (non-hydrogen) atoms. The molecule has 1 unspecified atom stereocenters. The highest BCUT2D eigenvalue weighted by Gasteiger charge is 2.14. The molecule has 0 saturated carbocycles. The molecule has 27 nitrogen and oxygen atoms in total. The number of rotatable bonds is 31. The van der Waals surface area contributed by atoms with Crippen LogP contribution in [0.15, 0.2) is 51.2 Å². The Labute approximate surface area is 369 Å².